The number of hydrogen-bond donors (Lipinski definition) is 2. The molecule has 1 heterocycles. The minimum atomic E-state index is 0.862. The number of aromatic nitrogens is 2. The van der Waals surface area contributed by atoms with Gasteiger partial charge in [-0.15, -0.1) is 5.10 Å². The fraction of sp³-hybridized carbons (Fsp3) is 0.385. The Kier molecular flexibility index (Phi) is 4.27. The van der Waals surface area contributed by atoms with Gasteiger partial charge in [0.1, 0.15) is 0 Å². The van der Waals surface area contributed by atoms with Gasteiger partial charge in [-0.3, -0.25) is 0 Å². The second-order valence-electron chi connectivity index (χ2n) is 3.96. The van der Waals surface area contributed by atoms with Crippen LogP contribution in [0.3, 0.4) is 0 Å². The predicted octanol–water partition coefficient (Wildman–Crippen LogP) is 2.04. The summed E-state index contributed by atoms with van der Waals surface area (Å²) in [6.45, 7) is 5.03. The van der Waals surface area contributed by atoms with Crippen LogP contribution in [0.1, 0.15) is 13.3 Å². The van der Waals surface area contributed by atoms with Crippen LogP contribution in [-0.4, -0.2) is 29.8 Å². The molecule has 0 aliphatic rings. The summed E-state index contributed by atoms with van der Waals surface area (Å²) >= 11 is 0. The van der Waals surface area contributed by atoms with E-state index in [1.807, 2.05) is 18.2 Å². The monoisotopic (exact) mass is 230 g/mol. The lowest BCUT2D eigenvalue weighted by Gasteiger charge is -2.08. The lowest BCUT2D eigenvalue weighted by atomic mass is 10.2. The van der Waals surface area contributed by atoms with Crippen LogP contribution in [-0.2, 0) is 0 Å². The molecule has 0 spiro atoms. The lowest BCUT2D eigenvalue weighted by molar-refractivity contribution is 0.687. The minimum Gasteiger partial charge on any atom is -0.367 e. The summed E-state index contributed by atoms with van der Waals surface area (Å²) in [4.78, 5) is 0. The van der Waals surface area contributed by atoms with E-state index < -0.39 is 0 Å². The zero-order valence-corrected chi connectivity index (χ0v) is 10.1. The molecule has 0 saturated carbocycles. The van der Waals surface area contributed by atoms with Crippen LogP contribution in [0.4, 0.5) is 5.82 Å². The van der Waals surface area contributed by atoms with E-state index in [9.17, 15) is 0 Å². The number of hydrogen-bond acceptors (Lipinski definition) is 4. The van der Waals surface area contributed by atoms with Gasteiger partial charge in [0.15, 0.2) is 5.82 Å². The molecule has 17 heavy (non-hydrogen) atoms. The standard InChI is InChI=1S/C13H18N4/c1-2-7-14-8-9-15-13-12-6-4-3-5-11(12)10-16-17-13/h3-6,10,14H,2,7-9H2,1H3,(H,15,17). The maximum absolute atomic E-state index is 4.14. The fourth-order valence-electron chi connectivity index (χ4n) is 1.73. The van der Waals surface area contributed by atoms with Crippen LogP contribution in [0.5, 0.6) is 0 Å². The molecule has 4 heteroatoms. The van der Waals surface area contributed by atoms with E-state index in [1.165, 1.54) is 0 Å². The van der Waals surface area contributed by atoms with Gasteiger partial charge in [0, 0.05) is 23.9 Å². The summed E-state index contributed by atoms with van der Waals surface area (Å²) < 4.78 is 0. The Balaban J connectivity index is 1.98. The molecule has 0 aliphatic heterocycles. The highest BCUT2D eigenvalue weighted by molar-refractivity contribution is 5.90. The van der Waals surface area contributed by atoms with E-state index in [4.69, 9.17) is 0 Å². The number of benzene rings is 1. The van der Waals surface area contributed by atoms with Crippen molar-refractivity contribution in [2.75, 3.05) is 25.0 Å². The van der Waals surface area contributed by atoms with Gasteiger partial charge in [0.05, 0.1) is 6.20 Å². The molecule has 1 aromatic heterocycles. The van der Waals surface area contributed by atoms with Crippen molar-refractivity contribution in [1.82, 2.24) is 15.5 Å². The number of nitrogens with zero attached hydrogens (tertiary/aromatic N) is 2. The van der Waals surface area contributed by atoms with Crippen LogP contribution in [0, 0.1) is 0 Å². The second-order valence-corrected chi connectivity index (χ2v) is 3.96. The third-order valence-corrected chi connectivity index (χ3v) is 2.59. The Morgan fingerprint density at radius 1 is 1.12 bits per heavy atom. The van der Waals surface area contributed by atoms with Crippen LogP contribution in [0.2, 0.25) is 0 Å². The largest absolute Gasteiger partial charge is 0.367 e. The van der Waals surface area contributed by atoms with Gasteiger partial charge in [0.2, 0.25) is 0 Å². The predicted molar refractivity (Wildman–Crippen MR) is 71.2 cm³/mol. The van der Waals surface area contributed by atoms with Gasteiger partial charge in [-0.1, -0.05) is 31.2 Å². The summed E-state index contributed by atoms with van der Waals surface area (Å²) in [5, 5.41) is 17.0. The topological polar surface area (TPSA) is 49.8 Å². The molecule has 90 valence electrons. The maximum Gasteiger partial charge on any atom is 0.156 e. The molecule has 0 bridgehead atoms. The van der Waals surface area contributed by atoms with Crippen LogP contribution in [0.15, 0.2) is 30.5 Å². The summed E-state index contributed by atoms with van der Waals surface area (Å²) in [5.41, 5.74) is 0. The van der Waals surface area contributed by atoms with Gasteiger partial charge < -0.3 is 10.6 Å². The third-order valence-electron chi connectivity index (χ3n) is 2.59. The molecular formula is C13H18N4. The normalized spacial score (nSPS) is 10.6. The maximum atomic E-state index is 4.14. The number of fused-ring (bicyclic) bond motifs is 1. The van der Waals surface area contributed by atoms with Crippen molar-refractivity contribution < 1.29 is 0 Å². The molecule has 0 saturated heterocycles. The van der Waals surface area contributed by atoms with Gasteiger partial charge in [-0.2, -0.15) is 5.10 Å². The van der Waals surface area contributed by atoms with Crippen molar-refractivity contribution in [3.05, 3.63) is 30.5 Å². The fourth-order valence-corrected chi connectivity index (χ4v) is 1.73. The smallest absolute Gasteiger partial charge is 0.156 e. The highest BCUT2D eigenvalue weighted by atomic mass is 15.2. The summed E-state index contributed by atoms with van der Waals surface area (Å²) in [6, 6.07) is 8.14. The van der Waals surface area contributed by atoms with E-state index in [-0.39, 0.29) is 0 Å². The SMILES string of the molecule is CCCNCCNc1nncc2ccccc12. The average molecular weight is 230 g/mol. The number of nitrogens with one attached hydrogen (secondary N) is 2. The van der Waals surface area contributed by atoms with Crippen molar-refractivity contribution in [3.63, 3.8) is 0 Å². The Morgan fingerprint density at radius 3 is 2.88 bits per heavy atom. The molecule has 0 fully saturated rings. The Labute approximate surface area is 101 Å². The summed E-state index contributed by atoms with van der Waals surface area (Å²) in [7, 11) is 0. The van der Waals surface area contributed by atoms with E-state index in [1.54, 1.807) is 6.20 Å². The van der Waals surface area contributed by atoms with Gasteiger partial charge in [-0.25, -0.2) is 0 Å². The Morgan fingerprint density at radius 2 is 2.00 bits per heavy atom. The lowest BCUT2D eigenvalue weighted by Crippen LogP contribution is -2.23. The van der Waals surface area contributed by atoms with Gasteiger partial charge in [-0.05, 0) is 13.0 Å². The molecule has 0 radical (unpaired) electrons. The summed E-state index contributed by atoms with van der Waals surface area (Å²) in [6.07, 6.45) is 2.95. The number of rotatable bonds is 6. The van der Waals surface area contributed by atoms with Gasteiger partial charge >= 0.3 is 0 Å². The van der Waals surface area contributed by atoms with E-state index in [0.717, 1.165) is 42.6 Å². The van der Waals surface area contributed by atoms with Crippen LogP contribution >= 0.6 is 0 Å². The van der Waals surface area contributed by atoms with Crippen molar-refractivity contribution in [2.24, 2.45) is 0 Å². The minimum absolute atomic E-state index is 0.862. The van der Waals surface area contributed by atoms with Crippen molar-refractivity contribution >= 4 is 16.6 Å². The van der Waals surface area contributed by atoms with E-state index in [2.05, 4.69) is 33.8 Å². The molecule has 2 aromatic rings. The molecule has 0 aliphatic carbocycles. The van der Waals surface area contributed by atoms with Gasteiger partial charge in [0.25, 0.3) is 0 Å². The first-order valence-corrected chi connectivity index (χ1v) is 6.07. The van der Waals surface area contributed by atoms with Crippen molar-refractivity contribution in [1.29, 1.82) is 0 Å². The Hall–Kier alpha value is -1.68. The number of anilines is 1. The molecule has 1 aromatic carbocycles. The molecule has 0 amide bonds. The molecule has 2 rings (SSSR count). The average Bonchev–Trinajstić information content (AvgIpc) is 2.39. The van der Waals surface area contributed by atoms with Crippen LogP contribution < -0.4 is 10.6 Å². The first-order valence-electron chi connectivity index (χ1n) is 6.07. The zero-order valence-electron chi connectivity index (χ0n) is 10.1. The molecular weight excluding hydrogens is 212 g/mol. The first kappa shape index (κ1) is 11.8. The van der Waals surface area contributed by atoms with Crippen molar-refractivity contribution in [2.45, 2.75) is 13.3 Å². The van der Waals surface area contributed by atoms with E-state index in [0.29, 0.717) is 0 Å². The molecule has 0 atom stereocenters. The van der Waals surface area contributed by atoms with Crippen molar-refractivity contribution in [3.8, 4) is 0 Å². The zero-order chi connectivity index (χ0) is 11.9. The molecule has 0 unspecified atom stereocenters. The molecule has 2 N–H and O–H groups in total. The molecule has 4 nitrogen and oxygen atoms in total. The second kappa shape index (κ2) is 6.15. The van der Waals surface area contributed by atoms with E-state index >= 15 is 0 Å². The highest BCUT2D eigenvalue weighted by Crippen LogP contribution is 2.18. The highest BCUT2D eigenvalue weighted by Gasteiger charge is 2.00. The third kappa shape index (κ3) is 3.14. The quantitative estimate of drug-likeness (QED) is 0.746. The summed E-state index contributed by atoms with van der Waals surface area (Å²) in [5.74, 6) is 0.862. The first-order chi connectivity index (χ1) is 8.42. The Bertz CT molecular complexity index is 464. The van der Waals surface area contributed by atoms with Crippen LogP contribution in [0.25, 0.3) is 10.8 Å².